The summed E-state index contributed by atoms with van der Waals surface area (Å²) >= 11 is 1.18. The van der Waals surface area contributed by atoms with Gasteiger partial charge < -0.3 is 10.0 Å². The van der Waals surface area contributed by atoms with Crippen molar-refractivity contribution in [2.75, 3.05) is 6.54 Å². The smallest absolute Gasteiger partial charge is 0.269 e. The van der Waals surface area contributed by atoms with E-state index in [1.807, 2.05) is 10.8 Å². The molecule has 0 saturated carbocycles. The van der Waals surface area contributed by atoms with Gasteiger partial charge in [-0.2, -0.15) is 0 Å². The number of non-ortho nitro benzene ring substituents is 1. The summed E-state index contributed by atoms with van der Waals surface area (Å²) < 4.78 is 1.90. The van der Waals surface area contributed by atoms with Gasteiger partial charge in [-0.15, -0.1) is 11.3 Å². The van der Waals surface area contributed by atoms with Crippen molar-refractivity contribution in [3.05, 3.63) is 92.4 Å². The van der Waals surface area contributed by atoms with Gasteiger partial charge in [0.2, 0.25) is 18.0 Å². The number of rotatable bonds is 8. The molecule has 3 heterocycles. The van der Waals surface area contributed by atoms with Crippen molar-refractivity contribution < 1.29 is 24.2 Å². The number of H-pyrrole nitrogens is 1. The van der Waals surface area contributed by atoms with Crippen molar-refractivity contribution >= 4 is 28.7 Å². The number of Topliss-reactive ketones (excluding diaryl/α,β-unsaturated/α-hetero) is 1. The first-order valence-electron chi connectivity index (χ1n) is 9.54. The molecule has 9 nitrogen and oxygen atoms in total. The number of hydrogen-bond acceptors (Lipinski definition) is 6. The summed E-state index contributed by atoms with van der Waals surface area (Å²) in [5.74, 6) is -2.15. The Morgan fingerprint density at radius 1 is 1.29 bits per heavy atom. The molecule has 1 aliphatic rings. The van der Waals surface area contributed by atoms with E-state index in [0.717, 1.165) is 0 Å². The molecule has 1 aromatic carbocycles. The van der Waals surface area contributed by atoms with Gasteiger partial charge in [0.15, 0.2) is 0 Å². The number of nitro benzene ring substituents is 1. The van der Waals surface area contributed by atoms with Crippen LogP contribution in [0, 0.1) is 10.1 Å². The summed E-state index contributed by atoms with van der Waals surface area (Å²) in [5, 5.41) is 25.8. The van der Waals surface area contributed by atoms with E-state index >= 15 is 0 Å². The second kappa shape index (κ2) is 8.52. The first-order chi connectivity index (χ1) is 15.0. The number of imidazole rings is 1. The van der Waals surface area contributed by atoms with Crippen LogP contribution in [0.1, 0.15) is 27.7 Å². The third-order valence-electron chi connectivity index (χ3n) is 5.09. The van der Waals surface area contributed by atoms with Gasteiger partial charge in [0.25, 0.3) is 5.69 Å². The zero-order valence-electron chi connectivity index (χ0n) is 16.3. The predicted octanol–water partition coefficient (Wildman–Crippen LogP) is 1.74. The molecule has 158 valence electrons. The number of amides is 1. The number of nitrogens with zero attached hydrogens (tertiary/aromatic N) is 3. The Morgan fingerprint density at radius 3 is 2.81 bits per heavy atom. The third-order valence-corrected chi connectivity index (χ3v) is 5.96. The molecule has 0 radical (unpaired) electrons. The van der Waals surface area contributed by atoms with Crippen LogP contribution in [0.25, 0.3) is 0 Å². The number of carbonyl (C=O) groups excluding carboxylic acids is 2. The minimum absolute atomic E-state index is 0.165. The van der Waals surface area contributed by atoms with Gasteiger partial charge >= 0.3 is 0 Å². The summed E-state index contributed by atoms with van der Waals surface area (Å²) in [6.07, 6.45) is 5.91. The Balaban J connectivity index is 1.70. The number of aromatic nitrogens is 2. The molecule has 1 aliphatic heterocycles. The molecule has 3 aromatic rings. The standard InChI is InChI=1S/C21H18N4O5S/c26-19(16-6-2-11-31-16)17-18(14-4-1-5-15(12-14)25(29)30)24(21(28)20(17)27)9-3-8-23-10-7-22-13-23/h1-2,4-7,10-13,18H,3,8-9H2,(H,26,27). The maximum Gasteiger partial charge on any atom is 0.269 e. The molecule has 0 fully saturated rings. The Labute approximate surface area is 181 Å². The summed E-state index contributed by atoms with van der Waals surface area (Å²) in [6.45, 7) is 0.814. The fourth-order valence-corrected chi connectivity index (χ4v) is 4.36. The van der Waals surface area contributed by atoms with Crippen LogP contribution < -0.4 is 9.67 Å². The van der Waals surface area contributed by atoms with Gasteiger partial charge in [0.1, 0.15) is 12.4 Å². The molecule has 1 N–H and O–H groups in total. The fraction of sp³-hybridized carbons (Fsp3) is 0.190. The average molecular weight is 438 g/mol. The average Bonchev–Trinajstić information content (AvgIpc) is 3.52. The molecule has 4 rings (SSSR count). The van der Waals surface area contributed by atoms with Crippen molar-refractivity contribution in [1.29, 1.82) is 0 Å². The Kier molecular flexibility index (Phi) is 5.63. The normalized spacial score (nSPS) is 16.2. The Hall–Kier alpha value is -3.79. The highest BCUT2D eigenvalue weighted by Gasteiger charge is 2.40. The largest absolute Gasteiger partial charge is 0.868 e. The van der Waals surface area contributed by atoms with Gasteiger partial charge in [0.05, 0.1) is 22.4 Å². The van der Waals surface area contributed by atoms with Gasteiger partial charge in [-0.1, -0.05) is 18.2 Å². The lowest BCUT2D eigenvalue weighted by Gasteiger charge is -2.27. The molecule has 1 amide bonds. The van der Waals surface area contributed by atoms with Crippen LogP contribution in [0.3, 0.4) is 0 Å². The van der Waals surface area contributed by atoms with Crippen LogP contribution >= 0.6 is 11.3 Å². The van der Waals surface area contributed by atoms with Gasteiger partial charge in [-0.25, -0.2) is 4.57 Å². The molecule has 0 spiro atoms. The molecular formula is C21H18N4O5S. The Bertz CT molecular complexity index is 1150. The van der Waals surface area contributed by atoms with Crippen LogP contribution in [0.4, 0.5) is 5.69 Å². The molecule has 0 saturated heterocycles. The second-order valence-corrected chi connectivity index (χ2v) is 7.95. The first-order valence-corrected chi connectivity index (χ1v) is 10.4. The number of thiophene rings is 1. The number of hydrogen-bond donors (Lipinski definition) is 1. The SMILES string of the molecule is O=C(C1=C([O-])C(=O)N(CCC[n+]2cc[nH]c2)C1c1cccc([N+](=O)[O-])c1)c1cccs1. The maximum absolute atomic E-state index is 13.1. The number of aryl methyl sites for hydroxylation is 1. The van der Waals surface area contributed by atoms with E-state index in [1.165, 1.54) is 34.4 Å². The zero-order valence-corrected chi connectivity index (χ0v) is 17.1. The van der Waals surface area contributed by atoms with Crippen LogP contribution in [0.15, 0.2) is 71.8 Å². The summed E-state index contributed by atoms with van der Waals surface area (Å²) in [6, 6.07) is 8.04. The predicted molar refractivity (Wildman–Crippen MR) is 109 cm³/mol. The second-order valence-electron chi connectivity index (χ2n) is 7.01. The Morgan fingerprint density at radius 2 is 2.13 bits per heavy atom. The lowest BCUT2D eigenvalue weighted by molar-refractivity contribution is -0.695. The topological polar surface area (TPSA) is 123 Å². The molecule has 1 unspecified atom stereocenters. The zero-order chi connectivity index (χ0) is 22.0. The van der Waals surface area contributed by atoms with E-state index in [2.05, 4.69) is 4.98 Å². The van der Waals surface area contributed by atoms with E-state index in [9.17, 15) is 24.8 Å². The number of carbonyl (C=O) groups is 2. The van der Waals surface area contributed by atoms with E-state index in [-0.39, 0.29) is 17.8 Å². The van der Waals surface area contributed by atoms with Crippen molar-refractivity contribution in [3.8, 4) is 0 Å². The van der Waals surface area contributed by atoms with Crippen molar-refractivity contribution in [2.24, 2.45) is 0 Å². The number of aromatic amines is 1. The highest BCUT2D eigenvalue weighted by atomic mass is 32.1. The van der Waals surface area contributed by atoms with E-state index in [4.69, 9.17) is 0 Å². The third kappa shape index (κ3) is 3.97. The minimum atomic E-state index is -0.967. The summed E-state index contributed by atoms with van der Waals surface area (Å²) in [5.41, 5.74) is 0.0277. The molecule has 31 heavy (non-hydrogen) atoms. The molecule has 2 aromatic heterocycles. The van der Waals surface area contributed by atoms with Crippen molar-refractivity contribution in [1.82, 2.24) is 9.88 Å². The molecular weight excluding hydrogens is 420 g/mol. The van der Waals surface area contributed by atoms with Crippen LogP contribution in [-0.4, -0.2) is 33.0 Å². The highest BCUT2D eigenvalue weighted by molar-refractivity contribution is 7.12. The number of benzene rings is 1. The van der Waals surface area contributed by atoms with Crippen LogP contribution in [0.2, 0.25) is 0 Å². The lowest BCUT2D eigenvalue weighted by atomic mass is 9.95. The van der Waals surface area contributed by atoms with E-state index < -0.39 is 28.4 Å². The van der Waals surface area contributed by atoms with Gasteiger partial charge in [0, 0.05) is 30.7 Å². The summed E-state index contributed by atoms with van der Waals surface area (Å²) in [7, 11) is 0. The fourth-order valence-electron chi connectivity index (χ4n) is 3.68. The lowest BCUT2D eigenvalue weighted by Crippen LogP contribution is -2.37. The van der Waals surface area contributed by atoms with Gasteiger partial charge in [-0.05, 0) is 22.8 Å². The van der Waals surface area contributed by atoms with Gasteiger partial charge in [-0.3, -0.25) is 24.7 Å². The maximum atomic E-state index is 13.1. The van der Waals surface area contributed by atoms with Crippen molar-refractivity contribution in [3.63, 3.8) is 0 Å². The molecule has 1 atom stereocenters. The number of nitro groups is 1. The molecule has 0 bridgehead atoms. The molecule has 0 aliphatic carbocycles. The van der Waals surface area contributed by atoms with Crippen LogP contribution in [-0.2, 0) is 11.3 Å². The van der Waals surface area contributed by atoms with Crippen LogP contribution in [0.5, 0.6) is 0 Å². The van der Waals surface area contributed by atoms with E-state index in [1.54, 1.807) is 36.1 Å². The first kappa shape index (κ1) is 20.5. The monoisotopic (exact) mass is 438 g/mol. The number of nitrogens with one attached hydrogen (secondary N) is 1. The molecule has 10 heteroatoms. The van der Waals surface area contributed by atoms with Crippen molar-refractivity contribution in [2.45, 2.75) is 19.0 Å². The quantitative estimate of drug-likeness (QED) is 0.248. The van der Waals surface area contributed by atoms with E-state index in [0.29, 0.717) is 23.4 Å². The number of ketones is 1. The highest BCUT2D eigenvalue weighted by Crippen LogP contribution is 2.39. The minimum Gasteiger partial charge on any atom is -0.868 e. The summed E-state index contributed by atoms with van der Waals surface area (Å²) in [4.78, 5) is 41.3.